The lowest BCUT2D eigenvalue weighted by molar-refractivity contribution is -0.141. The van der Waals surface area contributed by atoms with E-state index in [1.807, 2.05) is 24.3 Å². The molecule has 5 nitrogen and oxygen atoms in total. The van der Waals surface area contributed by atoms with Gasteiger partial charge >= 0.3 is 0 Å². The summed E-state index contributed by atoms with van der Waals surface area (Å²) >= 11 is 0. The van der Waals surface area contributed by atoms with Gasteiger partial charge in [0.05, 0.1) is 11.6 Å². The monoisotopic (exact) mass is 368 g/mol. The van der Waals surface area contributed by atoms with Crippen LogP contribution in [0.4, 0.5) is 0 Å². The molecular formula is C22H28N2O3. The number of likely N-dealkylation sites (tertiary alicyclic amines) is 2. The van der Waals surface area contributed by atoms with Gasteiger partial charge in [0.2, 0.25) is 5.91 Å². The van der Waals surface area contributed by atoms with Crippen molar-refractivity contribution in [1.82, 2.24) is 9.80 Å². The van der Waals surface area contributed by atoms with Crippen LogP contribution in [-0.2, 0) is 11.3 Å². The van der Waals surface area contributed by atoms with Crippen molar-refractivity contribution in [1.29, 1.82) is 0 Å². The summed E-state index contributed by atoms with van der Waals surface area (Å²) < 4.78 is 5.67. The van der Waals surface area contributed by atoms with E-state index in [1.165, 1.54) is 0 Å². The van der Waals surface area contributed by atoms with Crippen molar-refractivity contribution < 1.29 is 9.21 Å². The Bertz CT molecular complexity index is 875. The molecule has 4 rings (SSSR count). The van der Waals surface area contributed by atoms with Crippen molar-refractivity contribution in [2.24, 2.45) is 5.92 Å². The topological polar surface area (TPSA) is 53.8 Å². The molecule has 5 heteroatoms. The first-order valence-electron chi connectivity index (χ1n) is 10.2. The molecule has 2 unspecified atom stereocenters. The summed E-state index contributed by atoms with van der Waals surface area (Å²) in [6.45, 7) is 5.56. The second kappa shape index (κ2) is 7.85. The van der Waals surface area contributed by atoms with E-state index in [0.717, 1.165) is 50.9 Å². The maximum Gasteiger partial charge on any atom is 0.222 e. The van der Waals surface area contributed by atoms with Gasteiger partial charge in [-0.05, 0) is 37.3 Å². The van der Waals surface area contributed by atoms with Crippen molar-refractivity contribution in [2.45, 2.75) is 51.6 Å². The summed E-state index contributed by atoms with van der Waals surface area (Å²) in [5, 5.41) is 0.652. The molecule has 0 N–H and O–H groups in total. The van der Waals surface area contributed by atoms with Crippen LogP contribution in [-0.4, -0.2) is 41.4 Å². The highest BCUT2D eigenvalue weighted by molar-refractivity contribution is 5.77. The average Bonchev–Trinajstić information content (AvgIpc) is 2.70. The molecule has 0 saturated carbocycles. The lowest BCUT2D eigenvalue weighted by Gasteiger charge is -2.47. The number of piperidine rings is 2. The summed E-state index contributed by atoms with van der Waals surface area (Å²) in [6, 6.07) is 7.79. The summed E-state index contributed by atoms with van der Waals surface area (Å²) in [4.78, 5) is 29.6. The molecule has 2 aliphatic rings. The quantitative estimate of drug-likeness (QED) is 0.812. The number of unbranched alkanes of at least 4 members (excludes halogenated alkanes) is 1. The number of carbonyl (C=O) groups excluding carboxylic acids is 1. The minimum Gasteiger partial charge on any atom is -0.464 e. The Labute approximate surface area is 159 Å². The van der Waals surface area contributed by atoms with Crippen LogP contribution in [0.5, 0.6) is 0 Å². The lowest BCUT2D eigenvalue weighted by atomic mass is 9.83. The van der Waals surface area contributed by atoms with Crippen molar-refractivity contribution in [2.75, 3.05) is 19.6 Å². The number of hydrogen-bond acceptors (Lipinski definition) is 4. The summed E-state index contributed by atoms with van der Waals surface area (Å²) in [6.07, 6.45) is 6.45. The lowest BCUT2D eigenvalue weighted by Crippen LogP contribution is -2.56. The molecule has 0 radical (unpaired) electrons. The number of benzene rings is 1. The molecule has 1 aromatic heterocycles. The Morgan fingerprint density at radius 3 is 2.89 bits per heavy atom. The van der Waals surface area contributed by atoms with E-state index >= 15 is 0 Å². The van der Waals surface area contributed by atoms with Crippen LogP contribution in [0.25, 0.3) is 11.0 Å². The molecule has 2 fully saturated rings. The largest absolute Gasteiger partial charge is 0.464 e. The maximum atomic E-state index is 12.8. The predicted molar refractivity (Wildman–Crippen MR) is 106 cm³/mol. The van der Waals surface area contributed by atoms with E-state index in [-0.39, 0.29) is 5.43 Å². The molecule has 2 atom stereocenters. The van der Waals surface area contributed by atoms with Gasteiger partial charge in [0.1, 0.15) is 5.58 Å². The zero-order chi connectivity index (χ0) is 18.8. The number of carbonyl (C=O) groups is 1. The molecule has 144 valence electrons. The zero-order valence-electron chi connectivity index (χ0n) is 16.0. The van der Waals surface area contributed by atoms with Gasteiger partial charge in [-0.15, -0.1) is 0 Å². The van der Waals surface area contributed by atoms with Gasteiger partial charge < -0.3 is 9.32 Å². The number of fused-ring (bicyclic) bond motifs is 2. The normalized spacial score (nSPS) is 23.6. The van der Waals surface area contributed by atoms with Gasteiger partial charge in [-0.3, -0.25) is 14.5 Å². The first kappa shape index (κ1) is 18.2. The Kier molecular flexibility index (Phi) is 5.30. The highest BCUT2D eigenvalue weighted by atomic mass is 16.3. The van der Waals surface area contributed by atoms with Crippen molar-refractivity contribution in [3.05, 3.63) is 46.3 Å². The van der Waals surface area contributed by atoms with E-state index in [2.05, 4.69) is 16.7 Å². The van der Waals surface area contributed by atoms with Crippen LogP contribution in [0, 0.1) is 5.92 Å². The molecule has 2 aliphatic heterocycles. The van der Waals surface area contributed by atoms with Crippen LogP contribution in [0.1, 0.15) is 44.6 Å². The smallest absolute Gasteiger partial charge is 0.222 e. The standard InChI is InChI=1S/C22H28N2O3/c1-2-3-11-24-19-10-12-23(13-16(19)8-9-21(24)25)14-17-15-27-20-7-5-4-6-18(20)22(17)26/h4-7,15-16,19H,2-3,8-14H2,1H3. The Hall–Kier alpha value is -2.14. The van der Waals surface area contributed by atoms with E-state index < -0.39 is 0 Å². The summed E-state index contributed by atoms with van der Waals surface area (Å²) in [5.74, 6) is 0.842. The van der Waals surface area contributed by atoms with Crippen LogP contribution in [0.2, 0.25) is 0 Å². The highest BCUT2D eigenvalue weighted by Crippen LogP contribution is 2.32. The molecule has 1 aromatic carbocycles. The molecule has 27 heavy (non-hydrogen) atoms. The van der Waals surface area contributed by atoms with E-state index in [0.29, 0.717) is 41.8 Å². The molecule has 0 aliphatic carbocycles. The maximum absolute atomic E-state index is 12.8. The fraction of sp³-hybridized carbons (Fsp3) is 0.545. The minimum absolute atomic E-state index is 0.0716. The Balaban J connectivity index is 1.46. The van der Waals surface area contributed by atoms with Crippen molar-refractivity contribution >= 4 is 16.9 Å². The first-order chi connectivity index (χ1) is 13.2. The first-order valence-corrected chi connectivity index (χ1v) is 10.2. The number of amides is 1. The van der Waals surface area contributed by atoms with Gasteiger partial charge in [-0.25, -0.2) is 0 Å². The van der Waals surface area contributed by atoms with Gasteiger partial charge in [0, 0.05) is 44.2 Å². The van der Waals surface area contributed by atoms with Crippen molar-refractivity contribution in [3.63, 3.8) is 0 Å². The molecule has 1 amide bonds. The highest BCUT2D eigenvalue weighted by Gasteiger charge is 2.38. The van der Waals surface area contributed by atoms with Crippen molar-refractivity contribution in [3.8, 4) is 0 Å². The SMILES string of the molecule is CCCCN1C(=O)CCC2CN(Cc3coc4ccccc4c3=O)CCC21. The summed E-state index contributed by atoms with van der Waals surface area (Å²) in [7, 11) is 0. The molecule has 3 heterocycles. The Morgan fingerprint density at radius 2 is 2.04 bits per heavy atom. The molecule has 0 spiro atoms. The fourth-order valence-electron chi connectivity index (χ4n) is 4.66. The van der Waals surface area contributed by atoms with E-state index in [9.17, 15) is 9.59 Å². The number of rotatable bonds is 5. The third-order valence-corrected chi connectivity index (χ3v) is 6.13. The third-order valence-electron chi connectivity index (χ3n) is 6.13. The van der Waals surface area contributed by atoms with Gasteiger partial charge in [-0.1, -0.05) is 25.5 Å². The Morgan fingerprint density at radius 1 is 1.19 bits per heavy atom. The third kappa shape index (κ3) is 3.65. The van der Waals surface area contributed by atoms with Gasteiger partial charge in [0.25, 0.3) is 0 Å². The second-order valence-electron chi connectivity index (χ2n) is 7.92. The van der Waals surface area contributed by atoms with E-state index in [1.54, 1.807) is 6.26 Å². The van der Waals surface area contributed by atoms with Crippen LogP contribution < -0.4 is 5.43 Å². The molecule has 2 aromatic rings. The van der Waals surface area contributed by atoms with Crippen LogP contribution in [0.3, 0.4) is 0 Å². The van der Waals surface area contributed by atoms with Gasteiger partial charge in [-0.2, -0.15) is 0 Å². The van der Waals surface area contributed by atoms with E-state index in [4.69, 9.17) is 4.42 Å². The van der Waals surface area contributed by atoms with Crippen LogP contribution in [0.15, 0.2) is 39.7 Å². The van der Waals surface area contributed by atoms with Crippen LogP contribution >= 0.6 is 0 Å². The fourth-order valence-corrected chi connectivity index (χ4v) is 4.66. The number of nitrogens with zero attached hydrogens (tertiary/aromatic N) is 2. The van der Waals surface area contributed by atoms with Gasteiger partial charge in [0.15, 0.2) is 5.43 Å². The molecular weight excluding hydrogens is 340 g/mol. The number of hydrogen-bond donors (Lipinski definition) is 0. The zero-order valence-corrected chi connectivity index (χ0v) is 16.0. The molecule has 0 bridgehead atoms. The predicted octanol–water partition coefficient (Wildman–Crippen LogP) is 3.41. The second-order valence-corrected chi connectivity index (χ2v) is 7.92. The number of para-hydroxylation sites is 1. The summed E-state index contributed by atoms with van der Waals surface area (Å²) in [5.41, 5.74) is 1.44. The average molecular weight is 368 g/mol. The molecule has 2 saturated heterocycles. The minimum atomic E-state index is 0.0716.